The van der Waals surface area contributed by atoms with Gasteiger partial charge in [-0.25, -0.2) is 0 Å². The molecule has 0 heterocycles. The quantitative estimate of drug-likeness (QED) is 0.826. The minimum absolute atomic E-state index is 0.807. The summed E-state index contributed by atoms with van der Waals surface area (Å²) in [6.45, 7) is 8.50. The second-order valence-corrected chi connectivity index (χ2v) is 5.85. The molecule has 0 fully saturated rings. The lowest BCUT2D eigenvalue weighted by Gasteiger charge is -2.15. The summed E-state index contributed by atoms with van der Waals surface area (Å²) in [6.07, 6.45) is 2.86. The molecular formula is C19H26N2. The van der Waals surface area contributed by atoms with E-state index in [4.69, 9.17) is 11.5 Å². The van der Waals surface area contributed by atoms with Crippen molar-refractivity contribution in [2.75, 3.05) is 11.5 Å². The van der Waals surface area contributed by atoms with Gasteiger partial charge in [-0.05, 0) is 60.1 Å². The number of nitrogen functional groups attached to an aromatic ring is 2. The van der Waals surface area contributed by atoms with E-state index in [1.165, 1.54) is 22.3 Å². The van der Waals surface area contributed by atoms with Gasteiger partial charge in [-0.2, -0.15) is 0 Å². The molecule has 4 N–H and O–H groups in total. The number of anilines is 2. The normalized spacial score (nSPS) is 10.9. The lowest BCUT2D eigenvalue weighted by molar-refractivity contribution is 1.08. The van der Waals surface area contributed by atoms with Crippen LogP contribution in [0.1, 0.15) is 47.2 Å². The SMILES string of the molecule is CCc1cc(C)c(N)c(Cc2cc(CC)cc(C)c2N)c1. The number of hydrogen-bond donors (Lipinski definition) is 2. The number of hydrogen-bond acceptors (Lipinski definition) is 2. The Morgan fingerprint density at radius 2 is 1.10 bits per heavy atom. The summed E-state index contributed by atoms with van der Waals surface area (Å²) >= 11 is 0. The first-order valence-corrected chi connectivity index (χ1v) is 7.72. The molecule has 0 saturated carbocycles. The maximum Gasteiger partial charge on any atom is 0.0379 e. The summed E-state index contributed by atoms with van der Waals surface area (Å²) in [7, 11) is 0. The molecule has 0 radical (unpaired) electrons. The highest BCUT2D eigenvalue weighted by atomic mass is 14.6. The van der Waals surface area contributed by atoms with Crippen molar-refractivity contribution in [2.45, 2.75) is 47.0 Å². The molecule has 0 aliphatic carbocycles. The summed E-state index contributed by atoms with van der Waals surface area (Å²) < 4.78 is 0. The molecule has 0 aliphatic rings. The first-order valence-electron chi connectivity index (χ1n) is 7.72. The summed E-state index contributed by atoms with van der Waals surface area (Å²) in [5.74, 6) is 0. The van der Waals surface area contributed by atoms with Gasteiger partial charge in [0.1, 0.15) is 0 Å². The summed E-state index contributed by atoms with van der Waals surface area (Å²) in [5, 5.41) is 0. The zero-order chi connectivity index (χ0) is 15.6. The third-order valence-electron chi connectivity index (χ3n) is 4.26. The van der Waals surface area contributed by atoms with E-state index in [0.29, 0.717) is 0 Å². The fourth-order valence-electron chi connectivity index (χ4n) is 2.81. The van der Waals surface area contributed by atoms with Crippen LogP contribution in [0.2, 0.25) is 0 Å². The van der Waals surface area contributed by atoms with Crippen molar-refractivity contribution in [1.29, 1.82) is 0 Å². The minimum atomic E-state index is 0.807. The van der Waals surface area contributed by atoms with Crippen LogP contribution in [0.15, 0.2) is 24.3 Å². The van der Waals surface area contributed by atoms with Gasteiger partial charge in [0.25, 0.3) is 0 Å². The van der Waals surface area contributed by atoms with Crippen LogP contribution in [-0.2, 0) is 19.3 Å². The molecule has 2 rings (SSSR count). The fraction of sp³-hybridized carbons (Fsp3) is 0.368. The number of rotatable bonds is 4. The van der Waals surface area contributed by atoms with Gasteiger partial charge in [-0.3, -0.25) is 0 Å². The molecule has 2 aromatic carbocycles. The van der Waals surface area contributed by atoms with E-state index in [0.717, 1.165) is 41.8 Å². The lowest BCUT2D eigenvalue weighted by Crippen LogP contribution is -2.04. The molecule has 0 atom stereocenters. The molecule has 0 amide bonds. The summed E-state index contributed by atoms with van der Waals surface area (Å²) in [5.41, 5.74) is 21.7. The van der Waals surface area contributed by atoms with E-state index in [1.54, 1.807) is 0 Å². The molecule has 21 heavy (non-hydrogen) atoms. The van der Waals surface area contributed by atoms with Gasteiger partial charge in [0, 0.05) is 17.8 Å². The Balaban J connectivity index is 2.47. The third-order valence-corrected chi connectivity index (χ3v) is 4.26. The molecule has 0 saturated heterocycles. The van der Waals surface area contributed by atoms with Crippen molar-refractivity contribution >= 4 is 11.4 Å². The Labute approximate surface area is 128 Å². The second kappa shape index (κ2) is 6.21. The van der Waals surface area contributed by atoms with Crippen molar-refractivity contribution in [3.63, 3.8) is 0 Å². The highest BCUT2D eigenvalue weighted by molar-refractivity contribution is 5.61. The van der Waals surface area contributed by atoms with Crippen LogP contribution < -0.4 is 11.5 Å². The largest absolute Gasteiger partial charge is 0.398 e. The monoisotopic (exact) mass is 282 g/mol. The Morgan fingerprint density at radius 3 is 1.43 bits per heavy atom. The van der Waals surface area contributed by atoms with Gasteiger partial charge in [0.05, 0.1) is 0 Å². The van der Waals surface area contributed by atoms with Crippen LogP contribution in [0, 0.1) is 13.8 Å². The molecule has 2 heteroatoms. The van der Waals surface area contributed by atoms with Gasteiger partial charge in [0.2, 0.25) is 0 Å². The Kier molecular flexibility index (Phi) is 4.56. The summed E-state index contributed by atoms with van der Waals surface area (Å²) in [4.78, 5) is 0. The minimum Gasteiger partial charge on any atom is -0.398 e. The first-order chi connectivity index (χ1) is 9.96. The molecule has 0 spiro atoms. The van der Waals surface area contributed by atoms with Crippen molar-refractivity contribution < 1.29 is 0 Å². The molecular weight excluding hydrogens is 256 g/mol. The molecule has 2 nitrogen and oxygen atoms in total. The average Bonchev–Trinajstić information content (AvgIpc) is 2.47. The maximum atomic E-state index is 6.27. The first kappa shape index (κ1) is 15.4. The number of aryl methyl sites for hydroxylation is 4. The predicted molar refractivity (Wildman–Crippen MR) is 92.7 cm³/mol. The van der Waals surface area contributed by atoms with Gasteiger partial charge < -0.3 is 11.5 Å². The van der Waals surface area contributed by atoms with Crippen LogP contribution in [0.25, 0.3) is 0 Å². The molecule has 0 unspecified atom stereocenters. The van der Waals surface area contributed by atoms with Gasteiger partial charge in [0.15, 0.2) is 0 Å². The smallest absolute Gasteiger partial charge is 0.0379 e. The van der Waals surface area contributed by atoms with E-state index in [-0.39, 0.29) is 0 Å². The van der Waals surface area contributed by atoms with Gasteiger partial charge >= 0.3 is 0 Å². The number of benzene rings is 2. The highest BCUT2D eigenvalue weighted by Gasteiger charge is 2.10. The lowest BCUT2D eigenvalue weighted by atomic mass is 9.93. The van der Waals surface area contributed by atoms with Gasteiger partial charge in [-0.15, -0.1) is 0 Å². The fourth-order valence-corrected chi connectivity index (χ4v) is 2.81. The van der Waals surface area contributed by atoms with Crippen molar-refractivity contribution in [3.8, 4) is 0 Å². The zero-order valence-electron chi connectivity index (χ0n) is 13.6. The molecule has 2 aromatic rings. The topological polar surface area (TPSA) is 52.0 Å². The van der Waals surface area contributed by atoms with E-state index in [2.05, 4.69) is 52.0 Å². The molecule has 0 aliphatic heterocycles. The van der Waals surface area contributed by atoms with E-state index in [1.807, 2.05) is 0 Å². The predicted octanol–water partition coefficient (Wildman–Crippen LogP) is 4.18. The summed E-state index contributed by atoms with van der Waals surface area (Å²) in [6, 6.07) is 8.79. The maximum absolute atomic E-state index is 6.27. The Morgan fingerprint density at radius 1 is 0.714 bits per heavy atom. The van der Waals surface area contributed by atoms with E-state index >= 15 is 0 Å². The average molecular weight is 282 g/mol. The van der Waals surface area contributed by atoms with Crippen molar-refractivity contribution in [1.82, 2.24) is 0 Å². The zero-order valence-corrected chi connectivity index (χ0v) is 13.6. The standard InChI is InChI=1S/C19H26N2/c1-5-14-7-12(3)18(20)16(9-14)11-17-10-15(6-2)8-13(4)19(17)21/h7-10H,5-6,11,20-21H2,1-4H3. The van der Waals surface area contributed by atoms with Gasteiger partial charge in [-0.1, -0.05) is 38.1 Å². The molecule has 0 aromatic heterocycles. The van der Waals surface area contributed by atoms with E-state index < -0.39 is 0 Å². The Hall–Kier alpha value is -1.96. The third kappa shape index (κ3) is 3.21. The van der Waals surface area contributed by atoms with Crippen LogP contribution >= 0.6 is 0 Å². The van der Waals surface area contributed by atoms with Crippen LogP contribution in [0.3, 0.4) is 0 Å². The van der Waals surface area contributed by atoms with Crippen LogP contribution in [-0.4, -0.2) is 0 Å². The van der Waals surface area contributed by atoms with Crippen molar-refractivity contribution in [3.05, 3.63) is 57.6 Å². The second-order valence-electron chi connectivity index (χ2n) is 5.85. The molecule has 112 valence electrons. The van der Waals surface area contributed by atoms with E-state index in [9.17, 15) is 0 Å². The highest BCUT2D eigenvalue weighted by Crippen LogP contribution is 2.27. The van der Waals surface area contributed by atoms with Crippen molar-refractivity contribution in [2.24, 2.45) is 0 Å². The van der Waals surface area contributed by atoms with Crippen LogP contribution in [0.4, 0.5) is 11.4 Å². The molecule has 0 bridgehead atoms. The number of nitrogens with two attached hydrogens (primary N) is 2. The van der Waals surface area contributed by atoms with Crippen LogP contribution in [0.5, 0.6) is 0 Å². The Bertz CT molecular complexity index is 600.